The smallest absolute Gasteiger partial charge is 0.189 e. The van der Waals surface area contributed by atoms with Crippen LogP contribution in [0.25, 0.3) is 17.0 Å². The van der Waals surface area contributed by atoms with Gasteiger partial charge in [0.1, 0.15) is 0 Å². The Bertz CT molecular complexity index is 716. The van der Waals surface area contributed by atoms with Crippen LogP contribution in [0, 0.1) is 6.92 Å². The molecule has 0 saturated heterocycles. The molecule has 0 amide bonds. The number of carbonyl (C=O) groups is 1. The number of hydrogen-bond acceptors (Lipinski definition) is 3. The van der Waals surface area contributed by atoms with Crippen LogP contribution in [-0.4, -0.2) is 15.9 Å². The average molecular weight is 287 g/mol. The van der Waals surface area contributed by atoms with Crippen molar-refractivity contribution in [3.63, 3.8) is 0 Å². The molecule has 0 aliphatic heterocycles. The predicted octanol–water partition coefficient (Wildman–Crippen LogP) is 3.52. The van der Waals surface area contributed by atoms with Gasteiger partial charge in [-0.2, -0.15) is 0 Å². The molecule has 0 atom stereocenters. The second-order valence-corrected chi connectivity index (χ2v) is 5.92. The molecule has 0 aliphatic carbocycles. The molecule has 0 unspecified atom stereocenters. The van der Waals surface area contributed by atoms with Gasteiger partial charge >= 0.3 is 0 Å². The summed E-state index contributed by atoms with van der Waals surface area (Å²) in [6, 6.07) is 7.40. The van der Waals surface area contributed by atoms with Gasteiger partial charge in [-0.05, 0) is 31.0 Å². The van der Waals surface area contributed by atoms with Crippen molar-refractivity contribution in [3.05, 3.63) is 51.8 Å². The number of hydrogen-bond donors (Lipinski definition) is 1. The minimum Gasteiger partial charge on any atom is -0.358 e. The van der Waals surface area contributed by atoms with Crippen molar-refractivity contribution in [1.82, 2.24) is 4.98 Å². The Morgan fingerprint density at radius 1 is 1.35 bits per heavy atom. The minimum atomic E-state index is 0.0404. The summed E-state index contributed by atoms with van der Waals surface area (Å²) in [6.45, 7) is 3.45. The molecular weight excluding hydrogens is 270 g/mol. The number of carbonyl (C=O) groups excluding carboxylic acids is 1. The van der Waals surface area contributed by atoms with Crippen LogP contribution in [0.3, 0.4) is 0 Å². The quantitative estimate of drug-likeness (QED) is 0.875. The Morgan fingerprint density at radius 2 is 2.15 bits per heavy atom. The van der Waals surface area contributed by atoms with E-state index in [4.69, 9.17) is 0 Å². The summed E-state index contributed by atoms with van der Waals surface area (Å²) in [6.07, 6.45) is 4.85. The van der Waals surface area contributed by atoms with Crippen LogP contribution in [0.5, 0.6) is 0 Å². The SMILES string of the molecule is CC(=O)SCCC=Cc1ccc2[nH]c(C)cc(=O)c2c1. The lowest BCUT2D eigenvalue weighted by Crippen LogP contribution is -2.02. The van der Waals surface area contributed by atoms with Gasteiger partial charge in [-0.25, -0.2) is 0 Å². The second kappa shape index (κ2) is 6.57. The summed E-state index contributed by atoms with van der Waals surface area (Å²) >= 11 is 1.33. The zero-order valence-electron chi connectivity index (χ0n) is 11.6. The molecule has 0 spiro atoms. The van der Waals surface area contributed by atoms with Crippen LogP contribution < -0.4 is 5.43 Å². The van der Waals surface area contributed by atoms with Crippen molar-refractivity contribution >= 4 is 33.9 Å². The Hall–Kier alpha value is -1.81. The summed E-state index contributed by atoms with van der Waals surface area (Å²) < 4.78 is 0. The van der Waals surface area contributed by atoms with Gasteiger partial charge in [0.15, 0.2) is 10.5 Å². The Morgan fingerprint density at radius 3 is 2.90 bits per heavy atom. The monoisotopic (exact) mass is 287 g/mol. The zero-order valence-corrected chi connectivity index (χ0v) is 12.4. The van der Waals surface area contributed by atoms with Gasteiger partial charge in [-0.15, -0.1) is 0 Å². The highest BCUT2D eigenvalue weighted by Crippen LogP contribution is 2.13. The lowest BCUT2D eigenvalue weighted by molar-refractivity contribution is -0.109. The second-order valence-electron chi connectivity index (χ2n) is 4.65. The molecule has 2 rings (SSSR count). The molecule has 0 saturated carbocycles. The van der Waals surface area contributed by atoms with E-state index in [0.717, 1.165) is 28.9 Å². The topological polar surface area (TPSA) is 49.9 Å². The zero-order chi connectivity index (χ0) is 14.5. The van der Waals surface area contributed by atoms with Gasteiger partial charge in [-0.3, -0.25) is 9.59 Å². The fraction of sp³-hybridized carbons (Fsp3) is 0.250. The first kappa shape index (κ1) is 14.6. The van der Waals surface area contributed by atoms with Crippen LogP contribution in [0.15, 0.2) is 35.1 Å². The molecular formula is C16H17NO2S. The largest absolute Gasteiger partial charge is 0.358 e. The van der Waals surface area contributed by atoms with E-state index in [2.05, 4.69) is 4.98 Å². The summed E-state index contributed by atoms with van der Waals surface area (Å²) in [5.41, 5.74) is 2.77. The van der Waals surface area contributed by atoms with Crippen molar-refractivity contribution in [1.29, 1.82) is 0 Å². The van der Waals surface area contributed by atoms with Crippen molar-refractivity contribution in [2.24, 2.45) is 0 Å². The summed E-state index contributed by atoms with van der Waals surface area (Å²) in [5.74, 6) is 0.791. The number of aryl methyl sites for hydroxylation is 1. The first-order valence-electron chi connectivity index (χ1n) is 6.50. The van der Waals surface area contributed by atoms with E-state index in [1.807, 2.05) is 37.3 Å². The third-order valence-corrected chi connectivity index (χ3v) is 3.74. The average Bonchev–Trinajstić information content (AvgIpc) is 2.38. The van der Waals surface area contributed by atoms with Crippen molar-refractivity contribution in [2.45, 2.75) is 20.3 Å². The molecule has 0 radical (unpaired) electrons. The van der Waals surface area contributed by atoms with E-state index >= 15 is 0 Å². The lowest BCUT2D eigenvalue weighted by atomic mass is 10.1. The number of rotatable bonds is 4. The van der Waals surface area contributed by atoms with Crippen LogP contribution >= 0.6 is 11.8 Å². The normalized spacial score (nSPS) is 11.3. The van der Waals surface area contributed by atoms with E-state index in [1.54, 1.807) is 13.0 Å². The van der Waals surface area contributed by atoms with Crippen LogP contribution in [0.4, 0.5) is 0 Å². The molecule has 1 aromatic heterocycles. The van der Waals surface area contributed by atoms with Crippen molar-refractivity contribution in [3.8, 4) is 0 Å². The lowest BCUT2D eigenvalue weighted by Gasteiger charge is -2.01. The number of pyridine rings is 1. The van der Waals surface area contributed by atoms with E-state index in [9.17, 15) is 9.59 Å². The van der Waals surface area contributed by atoms with Gasteiger partial charge < -0.3 is 4.98 Å². The highest BCUT2D eigenvalue weighted by atomic mass is 32.2. The number of thioether (sulfide) groups is 1. The summed E-state index contributed by atoms with van der Waals surface area (Å²) in [7, 11) is 0. The highest BCUT2D eigenvalue weighted by molar-refractivity contribution is 8.13. The van der Waals surface area contributed by atoms with Gasteiger partial charge in [0.2, 0.25) is 0 Å². The number of nitrogens with one attached hydrogen (secondary N) is 1. The maximum absolute atomic E-state index is 11.9. The van der Waals surface area contributed by atoms with E-state index in [0.29, 0.717) is 5.39 Å². The van der Waals surface area contributed by atoms with Crippen LogP contribution in [-0.2, 0) is 4.79 Å². The molecule has 4 heteroatoms. The Balaban J connectivity index is 2.14. The standard InChI is InChI=1S/C16H17NO2S/c1-11-9-16(19)14-10-13(6-7-15(14)17-11)5-3-4-8-20-12(2)18/h3,5-7,9-10H,4,8H2,1-2H3,(H,17,19). The molecule has 1 aromatic carbocycles. The molecule has 1 heterocycles. The summed E-state index contributed by atoms with van der Waals surface area (Å²) in [5, 5.41) is 0.849. The van der Waals surface area contributed by atoms with Crippen molar-refractivity contribution < 1.29 is 4.79 Å². The molecule has 0 aliphatic rings. The van der Waals surface area contributed by atoms with E-state index in [1.165, 1.54) is 11.8 Å². The maximum atomic E-state index is 11.9. The number of allylic oxidation sites excluding steroid dienone is 1. The van der Waals surface area contributed by atoms with E-state index < -0.39 is 0 Å². The molecule has 104 valence electrons. The first-order chi connectivity index (χ1) is 9.56. The predicted molar refractivity (Wildman–Crippen MR) is 86.1 cm³/mol. The number of benzene rings is 1. The first-order valence-corrected chi connectivity index (χ1v) is 7.48. The minimum absolute atomic E-state index is 0.0404. The molecule has 0 fully saturated rings. The number of H-pyrrole nitrogens is 1. The van der Waals surface area contributed by atoms with Gasteiger partial charge in [0.25, 0.3) is 0 Å². The van der Waals surface area contributed by atoms with Crippen molar-refractivity contribution in [2.75, 3.05) is 5.75 Å². The molecule has 0 bridgehead atoms. The van der Waals surface area contributed by atoms with Gasteiger partial charge in [0.05, 0.1) is 0 Å². The fourth-order valence-corrected chi connectivity index (χ4v) is 2.53. The van der Waals surface area contributed by atoms with Crippen LogP contribution in [0.2, 0.25) is 0 Å². The van der Waals surface area contributed by atoms with Gasteiger partial charge in [-0.1, -0.05) is 30.0 Å². The summed E-state index contributed by atoms with van der Waals surface area (Å²) in [4.78, 5) is 25.9. The third kappa shape index (κ3) is 3.84. The molecule has 3 nitrogen and oxygen atoms in total. The fourth-order valence-electron chi connectivity index (χ4n) is 1.99. The van der Waals surface area contributed by atoms with Gasteiger partial charge in [0, 0.05) is 35.3 Å². The number of aromatic amines is 1. The third-order valence-electron chi connectivity index (χ3n) is 2.89. The highest BCUT2D eigenvalue weighted by Gasteiger charge is 2.00. The van der Waals surface area contributed by atoms with Crippen LogP contribution in [0.1, 0.15) is 24.6 Å². The molecule has 1 N–H and O–H groups in total. The van der Waals surface area contributed by atoms with E-state index in [-0.39, 0.29) is 10.5 Å². The molecule has 2 aromatic rings. The number of fused-ring (bicyclic) bond motifs is 1. The molecule has 20 heavy (non-hydrogen) atoms. The maximum Gasteiger partial charge on any atom is 0.189 e. The Kier molecular flexibility index (Phi) is 4.79. The number of aromatic nitrogens is 1. The Labute approximate surface area is 122 Å².